The zero-order valence-corrected chi connectivity index (χ0v) is 15.8. The summed E-state index contributed by atoms with van der Waals surface area (Å²) in [5.74, 6) is -0.540. The van der Waals surface area contributed by atoms with Crippen LogP contribution in [-0.4, -0.2) is 45.0 Å². The van der Waals surface area contributed by atoms with E-state index in [1.54, 1.807) is 12.4 Å². The fourth-order valence-electron chi connectivity index (χ4n) is 3.55. The summed E-state index contributed by atoms with van der Waals surface area (Å²) < 4.78 is 38.0. The molecule has 1 saturated carbocycles. The predicted molar refractivity (Wildman–Crippen MR) is 99.1 cm³/mol. The number of likely N-dealkylation sites (tertiary alicyclic amines) is 1. The molecule has 0 unspecified atom stereocenters. The lowest BCUT2D eigenvalue weighted by atomic mass is 9.89. The zero-order chi connectivity index (χ0) is 19.0. The number of amides is 1. The molecular weight excluding hydrogens is 393 g/mol. The van der Waals surface area contributed by atoms with Crippen LogP contribution in [0, 0.1) is 0 Å². The molecule has 4 rings (SSSR count). The van der Waals surface area contributed by atoms with E-state index in [-0.39, 0.29) is 31.4 Å². The van der Waals surface area contributed by atoms with Gasteiger partial charge in [0.25, 0.3) is 0 Å². The van der Waals surface area contributed by atoms with Gasteiger partial charge in [0.1, 0.15) is 5.82 Å². The van der Waals surface area contributed by atoms with Gasteiger partial charge in [0.15, 0.2) is 0 Å². The zero-order valence-electron chi connectivity index (χ0n) is 15.0. The third kappa shape index (κ3) is 4.27. The third-order valence-corrected chi connectivity index (χ3v) is 5.18. The number of aromatic nitrogens is 3. The Morgan fingerprint density at radius 1 is 1.04 bits per heavy atom. The first-order valence-corrected chi connectivity index (χ1v) is 9.07. The topological polar surface area (TPSA) is 59.0 Å². The summed E-state index contributed by atoms with van der Waals surface area (Å²) in [5, 5.41) is 0. The summed E-state index contributed by atoms with van der Waals surface area (Å²) in [6.45, 7) is 0.170. The molecular formula is C19H20ClF3N4O. The van der Waals surface area contributed by atoms with Crippen molar-refractivity contribution in [1.29, 1.82) is 0 Å². The summed E-state index contributed by atoms with van der Waals surface area (Å²) in [6, 6.07) is 3.75. The molecule has 0 radical (unpaired) electrons. The molecule has 2 aromatic rings. The summed E-state index contributed by atoms with van der Waals surface area (Å²) in [5.41, 5.74) is 2.70. The summed E-state index contributed by atoms with van der Waals surface area (Å²) >= 11 is 0. The van der Waals surface area contributed by atoms with Crippen molar-refractivity contribution in [3.63, 3.8) is 0 Å². The number of rotatable bonds is 3. The number of hydrogen-bond donors (Lipinski definition) is 0. The van der Waals surface area contributed by atoms with E-state index < -0.39 is 12.1 Å². The first-order chi connectivity index (χ1) is 12.9. The van der Waals surface area contributed by atoms with E-state index >= 15 is 0 Å². The normalized spacial score (nSPS) is 17.9. The van der Waals surface area contributed by atoms with Crippen molar-refractivity contribution in [1.82, 2.24) is 19.9 Å². The van der Waals surface area contributed by atoms with Gasteiger partial charge >= 0.3 is 12.1 Å². The number of piperidine rings is 1. The Morgan fingerprint density at radius 2 is 1.68 bits per heavy atom. The van der Waals surface area contributed by atoms with Crippen LogP contribution < -0.4 is 0 Å². The quantitative estimate of drug-likeness (QED) is 0.761. The minimum atomic E-state index is -4.82. The molecule has 0 bridgehead atoms. The van der Waals surface area contributed by atoms with Crippen LogP contribution in [0.1, 0.15) is 49.0 Å². The molecule has 5 nitrogen and oxygen atoms in total. The first kappa shape index (κ1) is 20.5. The number of carbonyl (C=O) groups is 1. The standard InChI is InChI=1S/C19H19F3N4O.ClH/c20-19(21,22)18(27)26-9-5-13(6-10-26)16-15(12-3-7-23-8-4-12)11-24-17(25-16)14-1-2-14;/h3-4,7-8,11,13-14H,1-2,5-6,9-10H2;1H. The molecule has 1 aliphatic carbocycles. The van der Waals surface area contributed by atoms with Gasteiger partial charge in [0, 0.05) is 49.1 Å². The number of alkyl halides is 3. The van der Waals surface area contributed by atoms with Gasteiger partial charge in [-0.25, -0.2) is 9.97 Å². The van der Waals surface area contributed by atoms with Crippen LogP contribution in [0.4, 0.5) is 13.2 Å². The van der Waals surface area contributed by atoms with Gasteiger partial charge in [-0.3, -0.25) is 9.78 Å². The van der Waals surface area contributed by atoms with Crippen molar-refractivity contribution in [3.05, 3.63) is 42.2 Å². The lowest BCUT2D eigenvalue weighted by molar-refractivity contribution is -0.186. The van der Waals surface area contributed by atoms with Crippen molar-refractivity contribution in [2.75, 3.05) is 13.1 Å². The number of hydrogen-bond acceptors (Lipinski definition) is 4. The Balaban J connectivity index is 0.00000225. The molecule has 9 heteroatoms. The van der Waals surface area contributed by atoms with E-state index in [4.69, 9.17) is 4.98 Å². The molecule has 0 N–H and O–H groups in total. The van der Waals surface area contributed by atoms with Crippen LogP contribution in [0.15, 0.2) is 30.7 Å². The highest BCUT2D eigenvalue weighted by atomic mass is 35.5. The Kier molecular flexibility index (Phi) is 5.88. The Bertz CT molecular complexity index is 835. The molecule has 0 atom stereocenters. The van der Waals surface area contributed by atoms with Gasteiger partial charge in [0.05, 0.1) is 5.69 Å². The molecule has 1 saturated heterocycles. The van der Waals surface area contributed by atoms with Gasteiger partial charge < -0.3 is 4.90 Å². The van der Waals surface area contributed by atoms with E-state index in [0.717, 1.165) is 40.4 Å². The minimum absolute atomic E-state index is 0. The van der Waals surface area contributed by atoms with Crippen LogP contribution in [0.2, 0.25) is 0 Å². The van der Waals surface area contributed by atoms with Gasteiger partial charge in [0.2, 0.25) is 0 Å². The lowest BCUT2D eigenvalue weighted by Crippen LogP contribution is -2.45. The monoisotopic (exact) mass is 412 g/mol. The van der Waals surface area contributed by atoms with Crippen molar-refractivity contribution < 1.29 is 18.0 Å². The molecule has 0 aromatic carbocycles. The molecule has 150 valence electrons. The smallest absolute Gasteiger partial charge is 0.335 e. The Hall–Kier alpha value is -2.22. The average Bonchev–Trinajstić information content (AvgIpc) is 3.52. The highest BCUT2D eigenvalue weighted by Gasteiger charge is 2.43. The Morgan fingerprint density at radius 3 is 2.25 bits per heavy atom. The maximum atomic E-state index is 12.7. The van der Waals surface area contributed by atoms with Crippen LogP contribution in [-0.2, 0) is 4.79 Å². The molecule has 3 heterocycles. The minimum Gasteiger partial charge on any atom is -0.335 e. The van der Waals surface area contributed by atoms with E-state index in [2.05, 4.69) is 9.97 Å². The Labute approximate surface area is 166 Å². The van der Waals surface area contributed by atoms with E-state index in [1.807, 2.05) is 18.3 Å². The fourth-order valence-corrected chi connectivity index (χ4v) is 3.55. The van der Waals surface area contributed by atoms with Gasteiger partial charge in [-0.2, -0.15) is 13.2 Å². The van der Waals surface area contributed by atoms with Crippen molar-refractivity contribution >= 4 is 18.3 Å². The van der Waals surface area contributed by atoms with Crippen LogP contribution >= 0.6 is 12.4 Å². The van der Waals surface area contributed by atoms with Crippen molar-refractivity contribution in [2.45, 2.75) is 43.7 Å². The van der Waals surface area contributed by atoms with E-state index in [1.165, 1.54) is 0 Å². The second-order valence-corrected chi connectivity index (χ2v) is 7.10. The second kappa shape index (κ2) is 8.03. The lowest BCUT2D eigenvalue weighted by Gasteiger charge is -2.32. The van der Waals surface area contributed by atoms with Gasteiger partial charge in [-0.1, -0.05) is 0 Å². The highest BCUT2D eigenvalue weighted by Crippen LogP contribution is 2.41. The molecule has 1 aliphatic heterocycles. The molecule has 28 heavy (non-hydrogen) atoms. The summed E-state index contributed by atoms with van der Waals surface area (Å²) in [6.07, 6.45) is 3.46. The highest BCUT2D eigenvalue weighted by molar-refractivity contribution is 5.85. The van der Waals surface area contributed by atoms with E-state index in [0.29, 0.717) is 18.8 Å². The fraction of sp³-hybridized carbons (Fsp3) is 0.474. The largest absolute Gasteiger partial charge is 0.471 e. The number of nitrogens with zero attached hydrogens (tertiary/aromatic N) is 4. The third-order valence-electron chi connectivity index (χ3n) is 5.18. The van der Waals surface area contributed by atoms with Crippen molar-refractivity contribution in [2.24, 2.45) is 0 Å². The maximum Gasteiger partial charge on any atom is 0.471 e. The first-order valence-electron chi connectivity index (χ1n) is 9.07. The number of pyridine rings is 1. The molecule has 2 fully saturated rings. The van der Waals surface area contributed by atoms with Crippen molar-refractivity contribution in [3.8, 4) is 11.1 Å². The van der Waals surface area contributed by atoms with Crippen LogP contribution in [0.25, 0.3) is 11.1 Å². The van der Waals surface area contributed by atoms with Crippen LogP contribution in [0.3, 0.4) is 0 Å². The molecule has 0 spiro atoms. The molecule has 1 amide bonds. The van der Waals surface area contributed by atoms with Crippen LogP contribution in [0.5, 0.6) is 0 Å². The SMILES string of the molecule is Cl.O=C(N1CCC(c2nc(C3CC3)ncc2-c2ccncc2)CC1)C(F)(F)F. The maximum absolute atomic E-state index is 12.7. The molecule has 2 aliphatic rings. The predicted octanol–water partition coefficient (Wildman–Crippen LogP) is 4.11. The van der Waals surface area contributed by atoms with Gasteiger partial charge in [-0.15, -0.1) is 12.4 Å². The van der Waals surface area contributed by atoms with Gasteiger partial charge in [-0.05, 0) is 43.4 Å². The number of halogens is 4. The van der Waals surface area contributed by atoms with E-state index in [9.17, 15) is 18.0 Å². The average molecular weight is 413 g/mol. The second-order valence-electron chi connectivity index (χ2n) is 7.10. The number of carbonyl (C=O) groups excluding carboxylic acids is 1. The molecule has 2 aromatic heterocycles. The summed E-state index contributed by atoms with van der Waals surface area (Å²) in [7, 11) is 0. The summed E-state index contributed by atoms with van der Waals surface area (Å²) in [4.78, 5) is 25.7.